The number of hydrogen-bond acceptors (Lipinski definition) is 2. The molecule has 0 unspecified atom stereocenters. The zero-order valence-electron chi connectivity index (χ0n) is 29.2. The molecular formula is C48H42BNS. The molecule has 2 aliphatic heterocycles. The van der Waals surface area contributed by atoms with Gasteiger partial charge < -0.3 is 4.90 Å². The van der Waals surface area contributed by atoms with E-state index in [4.69, 9.17) is 0 Å². The molecule has 0 amide bonds. The van der Waals surface area contributed by atoms with E-state index in [0.717, 1.165) is 0 Å². The number of anilines is 3. The Bertz CT molecular complexity index is 2460. The molecule has 2 fully saturated rings. The highest BCUT2D eigenvalue weighted by atomic mass is 32.1. The zero-order valence-corrected chi connectivity index (χ0v) is 30.0. The van der Waals surface area contributed by atoms with E-state index in [0.29, 0.717) is 11.8 Å². The minimum atomic E-state index is 0.250. The average molecular weight is 676 g/mol. The van der Waals surface area contributed by atoms with Crippen molar-refractivity contribution in [3.8, 4) is 22.3 Å². The fraction of sp³-hybridized carbons (Fsp3) is 0.250. The van der Waals surface area contributed by atoms with Gasteiger partial charge in [0.1, 0.15) is 0 Å². The SMILES string of the molecule is c1ccc2c(c1)B1c3cc(C4CCCCC4)ccc3N(c3ccc(C4CCCCC4)cc3)c3cc(-c4ccc5sc6ccccc6c5c4)cc-2c31. The van der Waals surface area contributed by atoms with Crippen LogP contribution < -0.4 is 21.3 Å². The van der Waals surface area contributed by atoms with Gasteiger partial charge in [0.15, 0.2) is 0 Å². The number of hydrogen-bond donors (Lipinski definition) is 0. The van der Waals surface area contributed by atoms with E-state index < -0.39 is 0 Å². The molecule has 0 saturated heterocycles. The van der Waals surface area contributed by atoms with Crippen molar-refractivity contribution in [2.75, 3.05) is 4.90 Å². The van der Waals surface area contributed by atoms with E-state index in [1.54, 1.807) is 5.56 Å². The normalized spacial score (nSPS) is 17.2. The number of rotatable bonds is 4. The van der Waals surface area contributed by atoms with Gasteiger partial charge >= 0.3 is 0 Å². The molecule has 0 atom stereocenters. The second-order valence-corrected chi connectivity index (χ2v) is 16.8. The van der Waals surface area contributed by atoms with Crippen molar-refractivity contribution in [2.24, 2.45) is 0 Å². The van der Waals surface area contributed by atoms with E-state index in [2.05, 4.69) is 126 Å². The van der Waals surface area contributed by atoms with Crippen molar-refractivity contribution in [1.29, 1.82) is 0 Å². The Morgan fingerprint density at radius 2 is 1.20 bits per heavy atom. The van der Waals surface area contributed by atoms with Crippen LogP contribution >= 0.6 is 11.3 Å². The molecule has 11 rings (SSSR count). The number of fused-ring (bicyclic) bond motifs is 8. The van der Waals surface area contributed by atoms with Crippen molar-refractivity contribution in [3.63, 3.8) is 0 Å². The lowest BCUT2D eigenvalue weighted by Gasteiger charge is -2.37. The molecule has 0 bridgehead atoms. The summed E-state index contributed by atoms with van der Waals surface area (Å²) in [6.45, 7) is 0.250. The van der Waals surface area contributed by atoms with Crippen LogP contribution in [0.25, 0.3) is 42.4 Å². The van der Waals surface area contributed by atoms with Gasteiger partial charge in [-0.25, -0.2) is 0 Å². The summed E-state index contributed by atoms with van der Waals surface area (Å²) >= 11 is 1.90. The highest BCUT2D eigenvalue weighted by Crippen LogP contribution is 2.45. The predicted molar refractivity (Wildman–Crippen MR) is 221 cm³/mol. The molecule has 0 N–H and O–H groups in total. The summed E-state index contributed by atoms with van der Waals surface area (Å²) in [7, 11) is 0. The molecule has 1 aromatic heterocycles. The molecule has 3 heteroatoms. The third kappa shape index (κ3) is 4.81. The van der Waals surface area contributed by atoms with Crippen LogP contribution in [0, 0.1) is 0 Å². The summed E-state index contributed by atoms with van der Waals surface area (Å²) in [4.78, 5) is 2.62. The summed E-state index contributed by atoms with van der Waals surface area (Å²) in [6.07, 6.45) is 13.5. The lowest BCUT2D eigenvalue weighted by molar-refractivity contribution is 0.443. The van der Waals surface area contributed by atoms with Gasteiger partial charge in [-0.05, 0) is 130 Å². The summed E-state index contributed by atoms with van der Waals surface area (Å²) in [5.74, 6) is 1.38. The van der Waals surface area contributed by atoms with Crippen molar-refractivity contribution < 1.29 is 0 Å². The minimum absolute atomic E-state index is 0.250. The average Bonchev–Trinajstić information content (AvgIpc) is 3.75. The molecule has 6 aromatic carbocycles. The van der Waals surface area contributed by atoms with Crippen LogP contribution in [0.1, 0.15) is 87.2 Å². The van der Waals surface area contributed by atoms with Crippen LogP contribution in [0.4, 0.5) is 17.1 Å². The van der Waals surface area contributed by atoms with Gasteiger partial charge in [-0.3, -0.25) is 0 Å². The standard InChI is InChI=1S/C48H42BNS/c1-3-11-31(12-4-1)33-19-23-37(24-20-33)50-44-25-21-35(32-13-5-2-6-14-32)29-43(44)49-42-17-9-7-15-38(42)41-28-36(30-45(50)48(41)49)34-22-26-47-40(27-34)39-16-8-10-18-46(39)51-47/h7-10,15-32H,1-6,11-14H2. The van der Waals surface area contributed by atoms with Gasteiger partial charge in [-0.1, -0.05) is 117 Å². The van der Waals surface area contributed by atoms with Gasteiger partial charge in [0.25, 0.3) is 0 Å². The van der Waals surface area contributed by atoms with Crippen LogP contribution in [0.2, 0.25) is 0 Å². The fourth-order valence-electron chi connectivity index (χ4n) is 10.3. The summed E-state index contributed by atoms with van der Waals surface area (Å²) < 4.78 is 2.72. The van der Waals surface area contributed by atoms with Crippen LogP contribution in [0.3, 0.4) is 0 Å². The Labute approximate surface area is 306 Å². The first-order chi connectivity index (χ1) is 25.3. The molecule has 4 aliphatic rings. The van der Waals surface area contributed by atoms with Crippen molar-refractivity contribution in [2.45, 2.75) is 76.0 Å². The van der Waals surface area contributed by atoms with E-state index in [1.807, 2.05) is 11.3 Å². The van der Waals surface area contributed by atoms with E-state index in [-0.39, 0.29) is 6.71 Å². The minimum Gasteiger partial charge on any atom is -0.311 e. The first-order valence-corrected chi connectivity index (χ1v) is 20.3. The van der Waals surface area contributed by atoms with E-state index in [9.17, 15) is 0 Å². The van der Waals surface area contributed by atoms with Gasteiger partial charge in [0.05, 0.1) is 0 Å². The molecule has 51 heavy (non-hydrogen) atoms. The molecule has 0 radical (unpaired) electrons. The monoisotopic (exact) mass is 675 g/mol. The lowest BCUT2D eigenvalue weighted by atomic mass is 9.37. The Hall–Kier alpha value is -4.60. The number of thiophene rings is 1. The largest absolute Gasteiger partial charge is 0.311 e. The summed E-state index contributed by atoms with van der Waals surface area (Å²) in [6, 6.07) is 47.6. The van der Waals surface area contributed by atoms with Gasteiger partial charge in [-0.2, -0.15) is 0 Å². The molecule has 7 aromatic rings. The topological polar surface area (TPSA) is 3.24 Å². The Morgan fingerprint density at radius 3 is 2.02 bits per heavy atom. The first kappa shape index (κ1) is 30.1. The lowest BCUT2D eigenvalue weighted by Crippen LogP contribution is -2.54. The quantitative estimate of drug-likeness (QED) is 0.168. The van der Waals surface area contributed by atoms with E-state index >= 15 is 0 Å². The Kier molecular flexibility index (Phi) is 7.07. The molecule has 0 spiro atoms. The maximum atomic E-state index is 2.62. The number of benzene rings is 6. The van der Waals surface area contributed by atoms with Crippen LogP contribution in [0.15, 0.2) is 121 Å². The maximum Gasteiger partial charge on any atom is 0.248 e. The van der Waals surface area contributed by atoms with Crippen LogP contribution in [-0.4, -0.2) is 6.71 Å². The third-order valence-corrected chi connectivity index (χ3v) is 14.0. The van der Waals surface area contributed by atoms with Gasteiger partial charge in [0, 0.05) is 37.2 Å². The molecular weight excluding hydrogens is 633 g/mol. The molecule has 1 nitrogen and oxygen atoms in total. The van der Waals surface area contributed by atoms with Gasteiger partial charge in [-0.15, -0.1) is 11.3 Å². The number of nitrogens with zero attached hydrogens (tertiary/aromatic N) is 1. The highest BCUT2D eigenvalue weighted by Gasteiger charge is 2.43. The summed E-state index contributed by atoms with van der Waals surface area (Å²) in [5, 5.41) is 2.71. The fourth-order valence-corrected chi connectivity index (χ4v) is 11.4. The second-order valence-electron chi connectivity index (χ2n) is 15.7. The molecule has 3 heterocycles. The first-order valence-electron chi connectivity index (χ1n) is 19.5. The summed E-state index contributed by atoms with van der Waals surface area (Å²) in [5.41, 5.74) is 16.8. The smallest absolute Gasteiger partial charge is 0.248 e. The molecule has 248 valence electrons. The molecule has 2 aliphatic carbocycles. The maximum absolute atomic E-state index is 2.62. The Morgan fingerprint density at radius 1 is 0.490 bits per heavy atom. The van der Waals surface area contributed by atoms with Crippen molar-refractivity contribution >= 4 is 71.7 Å². The third-order valence-electron chi connectivity index (χ3n) is 12.9. The van der Waals surface area contributed by atoms with Crippen LogP contribution in [0.5, 0.6) is 0 Å². The second kappa shape index (κ2) is 12.0. The van der Waals surface area contributed by atoms with Crippen LogP contribution in [-0.2, 0) is 0 Å². The van der Waals surface area contributed by atoms with E-state index in [1.165, 1.54) is 146 Å². The molecule has 2 saturated carbocycles. The van der Waals surface area contributed by atoms with Gasteiger partial charge in [0.2, 0.25) is 6.71 Å². The zero-order chi connectivity index (χ0) is 33.5. The van der Waals surface area contributed by atoms with Crippen molar-refractivity contribution in [3.05, 3.63) is 132 Å². The predicted octanol–water partition coefficient (Wildman–Crippen LogP) is 12.1. The highest BCUT2D eigenvalue weighted by molar-refractivity contribution is 7.25. The van der Waals surface area contributed by atoms with Crippen molar-refractivity contribution in [1.82, 2.24) is 0 Å². The Balaban J connectivity index is 1.13.